The molecule has 8 heteroatoms. The van der Waals surface area contributed by atoms with Crippen LogP contribution in [0.25, 0.3) is 22.4 Å². The van der Waals surface area contributed by atoms with E-state index in [4.69, 9.17) is 0 Å². The summed E-state index contributed by atoms with van der Waals surface area (Å²) in [5.41, 5.74) is 0.742. The molecule has 2 aromatic heterocycles. The predicted octanol–water partition coefficient (Wildman–Crippen LogP) is 5.10. The summed E-state index contributed by atoms with van der Waals surface area (Å²) in [6.45, 7) is 0. The van der Waals surface area contributed by atoms with E-state index in [1.807, 2.05) is 12.1 Å². The van der Waals surface area contributed by atoms with E-state index in [9.17, 15) is 18.0 Å². The first-order chi connectivity index (χ1) is 15.0. The number of imidazole rings is 1. The molecule has 0 aliphatic heterocycles. The zero-order chi connectivity index (χ0) is 21.6. The maximum atomic E-state index is 14.0. The summed E-state index contributed by atoms with van der Waals surface area (Å²) in [4.78, 5) is 23.9. The minimum absolute atomic E-state index is 0.0146. The SMILES string of the molecule is O=C(Nc1ccc(F)cn1)C1(c2ccc(-c3nc4c(F)ccc(F)c4[nH]3)cc2)CCC1. The van der Waals surface area contributed by atoms with E-state index in [0.29, 0.717) is 30.0 Å². The average Bonchev–Trinajstić information content (AvgIpc) is 3.19. The highest BCUT2D eigenvalue weighted by Crippen LogP contribution is 2.45. The van der Waals surface area contributed by atoms with Crippen molar-refractivity contribution in [3.8, 4) is 11.4 Å². The fraction of sp³-hybridized carbons (Fsp3) is 0.174. The first kappa shape index (κ1) is 19.3. The van der Waals surface area contributed by atoms with E-state index in [1.54, 1.807) is 12.1 Å². The predicted molar refractivity (Wildman–Crippen MR) is 110 cm³/mol. The second kappa shape index (κ2) is 7.23. The van der Waals surface area contributed by atoms with Gasteiger partial charge in [-0.05, 0) is 42.7 Å². The minimum Gasteiger partial charge on any atom is -0.335 e. The molecule has 0 atom stereocenters. The van der Waals surface area contributed by atoms with Gasteiger partial charge in [0.25, 0.3) is 0 Å². The molecule has 0 saturated heterocycles. The maximum absolute atomic E-state index is 14.0. The summed E-state index contributed by atoms with van der Waals surface area (Å²) in [6.07, 6.45) is 3.33. The van der Waals surface area contributed by atoms with Crippen LogP contribution in [0.3, 0.4) is 0 Å². The number of nitrogens with one attached hydrogen (secondary N) is 2. The Kier molecular flexibility index (Phi) is 4.50. The Bertz CT molecular complexity index is 1240. The number of benzene rings is 2. The Labute approximate surface area is 175 Å². The third kappa shape index (κ3) is 3.24. The van der Waals surface area contributed by atoms with Crippen LogP contribution in [0.4, 0.5) is 19.0 Å². The van der Waals surface area contributed by atoms with E-state index in [-0.39, 0.29) is 16.9 Å². The van der Waals surface area contributed by atoms with Gasteiger partial charge >= 0.3 is 0 Å². The molecule has 1 aliphatic carbocycles. The van der Waals surface area contributed by atoms with Crippen LogP contribution in [0.2, 0.25) is 0 Å². The van der Waals surface area contributed by atoms with Crippen LogP contribution in [-0.2, 0) is 10.2 Å². The normalized spacial score (nSPS) is 14.9. The number of anilines is 1. The first-order valence-electron chi connectivity index (χ1n) is 9.84. The molecule has 0 bridgehead atoms. The number of aromatic nitrogens is 3. The number of halogens is 3. The number of hydrogen-bond donors (Lipinski definition) is 2. The molecule has 2 heterocycles. The molecule has 2 N–H and O–H groups in total. The summed E-state index contributed by atoms with van der Waals surface area (Å²) in [5, 5.41) is 2.77. The Morgan fingerprint density at radius 1 is 0.968 bits per heavy atom. The lowest BCUT2D eigenvalue weighted by Gasteiger charge is -2.40. The number of fused-ring (bicyclic) bond motifs is 1. The monoisotopic (exact) mass is 422 g/mol. The standard InChI is InChI=1S/C23H17F3N4O/c24-15-6-9-18(27-12-15)28-22(31)23(10-1-11-23)14-4-2-13(3-5-14)21-29-19-16(25)7-8-17(26)20(19)30-21/h2-9,12H,1,10-11H2,(H,29,30)(H,27,28,31). The van der Waals surface area contributed by atoms with Gasteiger partial charge in [0.2, 0.25) is 5.91 Å². The van der Waals surface area contributed by atoms with Crippen molar-refractivity contribution >= 4 is 22.8 Å². The smallest absolute Gasteiger partial charge is 0.236 e. The number of rotatable bonds is 4. The third-order valence-corrected chi connectivity index (χ3v) is 5.87. The van der Waals surface area contributed by atoms with Crippen LogP contribution in [0.1, 0.15) is 24.8 Å². The van der Waals surface area contributed by atoms with Crippen LogP contribution < -0.4 is 5.32 Å². The number of H-pyrrole nitrogens is 1. The van der Waals surface area contributed by atoms with Gasteiger partial charge in [0.1, 0.15) is 34.3 Å². The molecule has 1 amide bonds. The molecule has 156 valence electrons. The highest BCUT2D eigenvalue weighted by atomic mass is 19.1. The zero-order valence-electron chi connectivity index (χ0n) is 16.3. The summed E-state index contributed by atoms with van der Waals surface area (Å²) in [5.74, 6) is -1.22. The van der Waals surface area contributed by atoms with Gasteiger partial charge in [-0.15, -0.1) is 0 Å². The number of hydrogen-bond acceptors (Lipinski definition) is 3. The van der Waals surface area contributed by atoms with Gasteiger partial charge in [-0.2, -0.15) is 0 Å². The number of pyridine rings is 1. The molecule has 1 saturated carbocycles. The Morgan fingerprint density at radius 2 is 1.71 bits per heavy atom. The molecule has 4 aromatic rings. The molecule has 5 nitrogen and oxygen atoms in total. The van der Waals surface area contributed by atoms with E-state index in [1.165, 1.54) is 12.1 Å². The first-order valence-corrected chi connectivity index (χ1v) is 9.84. The Hall–Kier alpha value is -3.68. The van der Waals surface area contributed by atoms with Crippen LogP contribution in [-0.4, -0.2) is 20.9 Å². The van der Waals surface area contributed by atoms with Crippen molar-refractivity contribution in [2.24, 2.45) is 0 Å². The average molecular weight is 422 g/mol. The van der Waals surface area contributed by atoms with Crippen molar-refractivity contribution in [2.45, 2.75) is 24.7 Å². The van der Waals surface area contributed by atoms with Crippen molar-refractivity contribution in [3.63, 3.8) is 0 Å². The van der Waals surface area contributed by atoms with Gasteiger partial charge in [0.05, 0.1) is 11.6 Å². The summed E-state index contributed by atoms with van der Waals surface area (Å²) in [6, 6.07) is 11.9. The quantitative estimate of drug-likeness (QED) is 0.481. The van der Waals surface area contributed by atoms with Crippen molar-refractivity contribution < 1.29 is 18.0 Å². The molecular weight excluding hydrogens is 405 g/mol. The number of amides is 1. The number of carbonyl (C=O) groups is 1. The highest BCUT2D eigenvalue weighted by molar-refractivity contribution is 5.99. The van der Waals surface area contributed by atoms with Crippen LogP contribution in [0.5, 0.6) is 0 Å². The van der Waals surface area contributed by atoms with Gasteiger partial charge in [-0.1, -0.05) is 30.7 Å². The fourth-order valence-corrected chi connectivity index (χ4v) is 3.97. The summed E-state index contributed by atoms with van der Waals surface area (Å²) in [7, 11) is 0. The van der Waals surface area contributed by atoms with E-state index < -0.39 is 22.9 Å². The third-order valence-electron chi connectivity index (χ3n) is 5.87. The van der Waals surface area contributed by atoms with Crippen molar-refractivity contribution in [1.29, 1.82) is 0 Å². The summed E-state index contributed by atoms with van der Waals surface area (Å²) >= 11 is 0. The zero-order valence-corrected chi connectivity index (χ0v) is 16.3. The van der Waals surface area contributed by atoms with E-state index >= 15 is 0 Å². The second-order valence-corrected chi connectivity index (χ2v) is 7.67. The molecule has 0 spiro atoms. The molecular formula is C23H17F3N4O. The number of carbonyl (C=O) groups excluding carboxylic acids is 1. The highest BCUT2D eigenvalue weighted by Gasteiger charge is 2.45. The van der Waals surface area contributed by atoms with Crippen molar-refractivity contribution in [1.82, 2.24) is 15.0 Å². The lowest BCUT2D eigenvalue weighted by atomic mass is 9.63. The van der Waals surface area contributed by atoms with Crippen LogP contribution >= 0.6 is 0 Å². The lowest BCUT2D eigenvalue weighted by Crippen LogP contribution is -2.46. The van der Waals surface area contributed by atoms with E-state index in [0.717, 1.165) is 30.3 Å². The van der Waals surface area contributed by atoms with Gasteiger partial charge in [0.15, 0.2) is 5.82 Å². The van der Waals surface area contributed by atoms with Gasteiger partial charge in [-0.3, -0.25) is 4.79 Å². The van der Waals surface area contributed by atoms with Crippen molar-refractivity contribution in [3.05, 3.63) is 77.7 Å². The van der Waals surface area contributed by atoms with Crippen LogP contribution in [0, 0.1) is 17.5 Å². The fourth-order valence-electron chi connectivity index (χ4n) is 3.97. The van der Waals surface area contributed by atoms with E-state index in [2.05, 4.69) is 20.3 Å². The molecule has 5 rings (SSSR count). The van der Waals surface area contributed by atoms with Gasteiger partial charge in [0, 0.05) is 5.56 Å². The topological polar surface area (TPSA) is 70.7 Å². The number of aromatic amines is 1. The number of nitrogens with zero attached hydrogens (tertiary/aromatic N) is 2. The van der Waals surface area contributed by atoms with Crippen molar-refractivity contribution in [2.75, 3.05) is 5.32 Å². The molecule has 1 aliphatic rings. The summed E-state index contributed by atoms with van der Waals surface area (Å²) < 4.78 is 41.0. The molecule has 1 fully saturated rings. The lowest BCUT2D eigenvalue weighted by molar-refractivity contribution is -0.124. The van der Waals surface area contributed by atoms with Gasteiger partial charge in [-0.25, -0.2) is 23.1 Å². The molecule has 31 heavy (non-hydrogen) atoms. The minimum atomic E-state index is -0.694. The Morgan fingerprint density at radius 3 is 2.32 bits per heavy atom. The maximum Gasteiger partial charge on any atom is 0.236 e. The molecule has 2 aromatic carbocycles. The van der Waals surface area contributed by atoms with Gasteiger partial charge < -0.3 is 10.3 Å². The molecule has 0 unspecified atom stereocenters. The molecule has 0 radical (unpaired) electrons. The Balaban J connectivity index is 1.43. The van der Waals surface area contributed by atoms with Crippen LogP contribution in [0.15, 0.2) is 54.7 Å². The second-order valence-electron chi connectivity index (χ2n) is 7.67. The largest absolute Gasteiger partial charge is 0.335 e.